The first kappa shape index (κ1) is 17.8. The van der Waals surface area contributed by atoms with Gasteiger partial charge in [-0.25, -0.2) is 0 Å². The first-order valence-electron chi connectivity index (χ1n) is 8.41. The Bertz CT molecular complexity index is 531. The highest BCUT2D eigenvalue weighted by Gasteiger charge is 2.19. The molecule has 5 nitrogen and oxygen atoms in total. The number of anilines is 1. The molecule has 1 aromatic carbocycles. The molecule has 2 atom stereocenters. The number of hydrogen-bond acceptors (Lipinski definition) is 5. The minimum absolute atomic E-state index is 0.0954. The number of fused-ring (bicyclic) bond motifs is 1. The van der Waals surface area contributed by atoms with E-state index in [0.29, 0.717) is 12.2 Å². The fourth-order valence-corrected chi connectivity index (χ4v) is 2.49. The van der Waals surface area contributed by atoms with E-state index in [2.05, 4.69) is 10.6 Å². The van der Waals surface area contributed by atoms with Gasteiger partial charge in [-0.15, -0.1) is 0 Å². The van der Waals surface area contributed by atoms with Crippen molar-refractivity contribution in [3.8, 4) is 5.75 Å². The molecule has 0 fully saturated rings. The van der Waals surface area contributed by atoms with Crippen LogP contribution in [0.15, 0.2) is 18.2 Å². The largest absolute Gasteiger partial charge is 0.487 e. The second kappa shape index (κ2) is 8.31. The van der Waals surface area contributed by atoms with Gasteiger partial charge >= 0.3 is 0 Å². The van der Waals surface area contributed by atoms with Crippen LogP contribution in [0.5, 0.6) is 5.75 Å². The molecule has 0 aliphatic carbocycles. The van der Waals surface area contributed by atoms with Crippen LogP contribution < -0.4 is 15.4 Å². The summed E-state index contributed by atoms with van der Waals surface area (Å²) < 4.78 is 11.2. The number of ketones is 1. The number of hydrogen-bond donors (Lipinski definition) is 2. The third-order valence-electron chi connectivity index (χ3n) is 3.79. The Morgan fingerprint density at radius 2 is 2.22 bits per heavy atom. The topological polar surface area (TPSA) is 59.6 Å². The second-order valence-electron chi connectivity index (χ2n) is 6.33. The third-order valence-corrected chi connectivity index (χ3v) is 3.79. The fourth-order valence-electron chi connectivity index (χ4n) is 2.49. The van der Waals surface area contributed by atoms with Gasteiger partial charge in [-0.05, 0) is 58.9 Å². The Morgan fingerprint density at radius 1 is 1.43 bits per heavy atom. The molecule has 2 unspecified atom stereocenters. The van der Waals surface area contributed by atoms with E-state index in [1.165, 1.54) is 0 Å². The third kappa shape index (κ3) is 5.22. The van der Waals surface area contributed by atoms with Crippen LogP contribution >= 0.6 is 0 Å². The summed E-state index contributed by atoms with van der Waals surface area (Å²) in [7, 11) is 0. The molecule has 0 aromatic heterocycles. The van der Waals surface area contributed by atoms with E-state index in [4.69, 9.17) is 9.47 Å². The van der Waals surface area contributed by atoms with Crippen molar-refractivity contribution < 1.29 is 14.3 Å². The first-order chi connectivity index (χ1) is 11.0. The molecular weight excluding hydrogens is 292 g/mol. The molecule has 2 N–H and O–H groups in total. The van der Waals surface area contributed by atoms with Gasteiger partial charge < -0.3 is 20.1 Å². The predicted molar refractivity (Wildman–Crippen MR) is 92.5 cm³/mol. The molecule has 0 saturated carbocycles. The van der Waals surface area contributed by atoms with Gasteiger partial charge in [-0.3, -0.25) is 4.79 Å². The Hall–Kier alpha value is -1.59. The van der Waals surface area contributed by atoms with Crippen molar-refractivity contribution in [1.82, 2.24) is 5.32 Å². The van der Waals surface area contributed by atoms with E-state index >= 15 is 0 Å². The standard InChI is InChI=1S/C18H28N2O3/c1-12(2)22-9-5-8-19-14(4)18(21)15-6-7-17-16(10-15)20-11-13(3)23-17/h6-7,10,12-14,19-20H,5,8-9,11H2,1-4H3. The van der Waals surface area contributed by atoms with Crippen LogP contribution in [0.25, 0.3) is 0 Å². The maximum absolute atomic E-state index is 12.5. The number of ether oxygens (including phenoxy) is 2. The lowest BCUT2D eigenvalue weighted by Crippen LogP contribution is -2.35. The molecule has 1 aliphatic heterocycles. The highest BCUT2D eigenvalue weighted by Crippen LogP contribution is 2.30. The van der Waals surface area contributed by atoms with E-state index in [1.54, 1.807) is 0 Å². The van der Waals surface area contributed by atoms with Crippen LogP contribution in [-0.4, -0.2) is 43.7 Å². The van der Waals surface area contributed by atoms with Crippen molar-refractivity contribution in [2.45, 2.75) is 52.4 Å². The number of carbonyl (C=O) groups is 1. The minimum Gasteiger partial charge on any atom is -0.487 e. The summed E-state index contributed by atoms with van der Waals surface area (Å²) in [6.07, 6.45) is 1.30. The lowest BCUT2D eigenvalue weighted by atomic mass is 10.0. The van der Waals surface area contributed by atoms with Crippen molar-refractivity contribution in [3.63, 3.8) is 0 Å². The van der Waals surface area contributed by atoms with Gasteiger partial charge in [0.05, 0.1) is 24.4 Å². The Morgan fingerprint density at radius 3 is 2.96 bits per heavy atom. The van der Waals surface area contributed by atoms with Gasteiger partial charge in [-0.2, -0.15) is 0 Å². The summed E-state index contributed by atoms with van der Waals surface area (Å²) in [6, 6.07) is 5.37. The van der Waals surface area contributed by atoms with Gasteiger partial charge in [-0.1, -0.05) is 0 Å². The molecule has 0 radical (unpaired) electrons. The number of carbonyl (C=O) groups excluding carboxylic acids is 1. The van der Waals surface area contributed by atoms with Gasteiger partial charge in [0.25, 0.3) is 0 Å². The molecule has 2 rings (SSSR count). The molecule has 0 bridgehead atoms. The molecule has 1 heterocycles. The van der Waals surface area contributed by atoms with E-state index in [9.17, 15) is 4.79 Å². The first-order valence-corrected chi connectivity index (χ1v) is 8.41. The van der Waals surface area contributed by atoms with E-state index in [1.807, 2.05) is 45.9 Å². The zero-order chi connectivity index (χ0) is 16.8. The molecule has 5 heteroatoms. The van der Waals surface area contributed by atoms with Crippen LogP contribution in [0.1, 0.15) is 44.5 Å². The van der Waals surface area contributed by atoms with Crippen LogP contribution in [0.2, 0.25) is 0 Å². The fraction of sp³-hybridized carbons (Fsp3) is 0.611. The summed E-state index contributed by atoms with van der Waals surface area (Å²) in [5, 5.41) is 6.56. The molecule has 0 spiro atoms. The van der Waals surface area contributed by atoms with Crippen molar-refractivity contribution in [1.29, 1.82) is 0 Å². The zero-order valence-electron chi connectivity index (χ0n) is 14.5. The monoisotopic (exact) mass is 320 g/mol. The number of rotatable bonds is 8. The molecular formula is C18H28N2O3. The Labute approximate surface area is 138 Å². The summed E-state index contributed by atoms with van der Waals surface area (Å²) >= 11 is 0. The lowest BCUT2D eigenvalue weighted by Gasteiger charge is -2.25. The summed E-state index contributed by atoms with van der Waals surface area (Å²) in [6.45, 7) is 10.2. The summed E-state index contributed by atoms with van der Waals surface area (Å²) in [5.74, 6) is 0.907. The lowest BCUT2D eigenvalue weighted by molar-refractivity contribution is 0.0759. The molecule has 0 saturated heterocycles. The number of nitrogens with one attached hydrogen (secondary N) is 2. The van der Waals surface area contributed by atoms with Gasteiger partial charge in [0.15, 0.2) is 5.78 Å². The van der Waals surface area contributed by atoms with Gasteiger partial charge in [0, 0.05) is 12.2 Å². The van der Waals surface area contributed by atoms with Crippen LogP contribution in [0, 0.1) is 0 Å². The maximum Gasteiger partial charge on any atom is 0.179 e. The van der Waals surface area contributed by atoms with E-state index < -0.39 is 0 Å². The van der Waals surface area contributed by atoms with Gasteiger partial charge in [0.2, 0.25) is 0 Å². The van der Waals surface area contributed by atoms with Gasteiger partial charge in [0.1, 0.15) is 11.9 Å². The SMILES string of the molecule is CC(C)OCCCNC(C)C(=O)c1ccc2c(c1)NCC(C)O2. The molecule has 0 amide bonds. The number of benzene rings is 1. The predicted octanol–water partition coefficient (Wildman–Crippen LogP) is 2.86. The van der Waals surface area contributed by atoms with Crippen molar-refractivity contribution in [3.05, 3.63) is 23.8 Å². The summed E-state index contributed by atoms with van der Waals surface area (Å²) in [4.78, 5) is 12.5. The van der Waals surface area contributed by atoms with Crippen molar-refractivity contribution >= 4 is 11.5 Å². The molecule has 1 aromatic rings. The van der Waals surface area contributed by atoms with Crippen LogP contribution in [0.3, 0.4) is 0 Å². The van der Waals surface area contributed by atoms with Crippen molar-refractivity contribution in [2.75, 3.05) is 25.0 Å². The van der Waals surface area contributed by atoms with Crippen LogP contribution in [-0.2, 0) is 4.74 Å². The average molecular weight is 320 g/mol. The Kier molecular flexibility index (Phi) is 6.42. The maximum atomic E-state index is 12.5. The highest BCUT2D eigenvalue weighted by atomic mass is 16.5. The second-order valence-corrected chi connectivity index (χ2v) is 6.33. The minimum atomic E-state index is -0.212. The summed E-state index contributed by atoms with van der Waals surface area (Å²) in [5.41, 5.74) is 1.60. The van der Waals surface area contributed by atoms with Crippen molar-refractivity contribution in [2.24, 2.45) is 0 Å². The molecule has 1 aliphatic rings. The van der Waals surface area contributed by atoms with E-state index in [0.717, 1.165) is 30.9 Å². The zero-order valence-corrected chi connectivity index (χ0v) is 14.5. The molecule has 128 valence electrons. The smallest absolute Gasteiger partial charge is 0.179 e. The van der Waals surface area contributed by atoms with E-state index in [-0.39, 0.29) is 24.0 Å². The van der Waals surface area contributed by atoms with Crippen LogP contribution in [0.4, 0.5) is 5.69 Å². The average Bonchev–Trinajstić information content (AvgIpc) is 2.52. The number of Topliss-reactive ketones (excluding diaryl/α,β-unsaturated/α-hetero) is 1. The normalized spacial score (nSPS) is 18.0. The highest BCUT2D eigenvalue weighted by molar-refractivity contribution is 6.01. The Balaban J connectivity index is 1.85. The molecule has 23 heavy (non-hydrogen) atoms. The quantitative estimate of drug-likeness (QED) is 0.570.